The average Bonchev–Trinajstić information content (AvgIpc) is 2.75. The predicted molar refractivity (Wildman–Crippen MR) is 62.6 cm³/mol. The van der Waals surface area contributed by atoms with Gasteiger partial charge in [0, 0.05) is 12.3 Å². The molecule has 1 N–H and O–H groups in total. The molecule has 1 aliphatic rings. The highest BCUT2D eigenvalue weighted by molar-refractivity contribution is 7.99. The quantitative estimate of drug-likeness (QED) is 0.878. The number of hydrogen-bond acceptors (Lipinski definition) is 3. The molecule has 16 heavy (non-hydrogen) atoms. The average molecular weight is 240 g/mol. The summed E-state index contributed by atoms with van der Waals surface area (Å²) in [6.45, 7) is 1.95. The normalized spacial score (nSPS) is 24.9. The fourth-order valence-electron chi connectivity index (χ4n) is 2.20. The van der Waals surface area contributed by atoms with Crippen molar-refractivity contribution in [3.8, 4) is 0 Å². The minimum Gasteiger partial charge on any atom is -0.481 e. The van der Waals surface area contributed by atoms with Gasteiger partial charge in [-0.05, 0) is 25.8 Å². The van der Waals surface area contributed by atoms with Gasteiger partial charge in [0.1, 0.15) is 0 Å². The first-order valence-corrected chi connectivity index (χ1v) is 6.36. The Bertz CT molecular complexity index is 403. The van der Waals surface area contributed by atoms with Gasteiger partial charge in [0.2, 0.25) is 0 Å². The second kappa shape index (κ2) is 4.49. The molecule has 0 aliphatic heterocycles. The van der Waals surface area contributed by atoms with Crippen LogP contribution in [0.4, 0.5) is 0 Å². The number of carboxylic acid groups (broad SMARTS) is 1. The second-order valence-electron chi connectivity index (χ2n) is 4.28. The number of carbonyl (C=O) groups is 1. The Morgan fingerprint density at radius 1 is 1.62 bits per heavy atom. The Labute approximate surface area is 99.0 Å². The van der Waals surface area contributed by atoms with E-state index in [0.717, 1.165) is 30.0 Å². The standard InChI is InChI=1S/C11H16N2O2S/c1-7-6-10(13(2)12-7)16-9-5-3-4-8(9)11(14)15/h6,8-9H,3-5H2,1-2H3,(H,14,15). The van der Waals surface area contributed by atoms with E-state index < -0.39 is 5.97 Å². The first-order chi connectivity index (χ1) is 7.58. The molecule has 0 saturated heterocycles. The van der Waals surface area contributed by atoms with Gasteiger partial charge in [0.25, 0.3) is 0 Å². The Kier molecular flexibility index (Phi) is 3.23. The van der Waals surface area contributed by atoms with Crippen LogP contribution < -0.4 is 0 Å². The molecule has 0 radical (unpaired) electrons. The van der Waals surface area contributed by atoms with Gasteiger partial charge in [0.05, 0.1) is 16.6 Å². The van der Waals surface area contributed by atoms with E-state index in [4.69, 9.17) is 5.11 Å². The van der Waals surface area contributed by atoms with Crippen molar-refractivity contribution < 1.29 is 9.90 Å². The molecule has 2 rings (SSSR count). The van der Waals surface area contributed by atoms with Crippen LogP contribution in [0.25, 0.3) is 0 Å². The van der Waals surface area contributed by atoms with Crippen molar-refractivity contribution >= 4 is 17.7 Å². The Morgan fingerprint density at radius 3 is 2.94 bits per heavy atom. The number of rotatable bonds is 3. The number of aliphatic carboxylic acids is 1. The van der Waals surface area contributed by atoms with Gasteiger partial charge in [0.15, 0.2) is 0 Å². The molecule has 1 aromatic heterocycles. The van der Waals surface area contributed by atoms with Crippen molar-refractivity contribution in [2.24, 2.45) is 13.0 Å². The summed E-state index contributed by atoms with van der Waals surface area (Å²) < 4.78 is 1.83. The van der Waals surface area contributed by atoms with E-state index in [1.165, 1.54) is 0 Å². The lowest BCUT2D eigenvalue weighted by Crippen LogP contribution is -2.20. The molecule has 1 heterocycles. The van der Waals surface area contributed by atoms with E-state index in [0.29, 0.717) is 0 Å². The number of nitrogens with zero attached hydrogens (tertiary/aromatic N) is 2. The van der Waals surface area contributed by atoms with Crippen LogP contribution in [0.1, 0.15) is 25.0 Å². The molecule has 4 nitrogen and oxygen atoms in total. The highest BCUT2D eigenvalue weighted by Crippen LogP contribution is 2.39. The number of hydrogen-bond donors (Lipinski definition) is 1. The van der Waals surface area contributed by atoms with Crippen molar-refractivity contribution in [1.29, 1.82) is 0 Å². The van der Waals surface area contributed by atoms with Gasteiger partial charge >= 0.3 is 5.97 Å². The fourth-order valence-corrected chi connectivity index (χ4v) is 3.65. The summed E-state index contributed by atoms with van der Waals surface area (Å²) >= 11 is 1.65. The first-order valence-electron chi connectivity index (χ1n) is 5.48. The summed E-state index contributed by atoms with van der Waals surface area (Å²) in [4.78, 5) is 11.1. The van der Waals surface area contributed by atoms with Crippen LogP contribution in [0, 0.1) is 12.8 Å². The van der Waals surface area contributed by atoms with E-state index in [-0.39, 0.29) is 11.2 Å². The summed E-state index contributed by atoms with van der Waals surface area (Å²) in [5.41, 5.74) is 0.981. The van der Waals surface area contributed by atoms with E-state index in [1.807, 2.05) is 24.7 Å². The Balaban J connectivity index is 2.09. The maximum Gasteiger partial charge on any atom is 0.307 e. The molecule has 1 aromatic rings. The third-order valence-corrected chi connectivity index (χ3v) is 4.49. The van der Waals surface area contributed by atoms with E-state index in [2.05, 4.69) is 5.10 Å². The maximum atomic E-state index is 11.1. The smallest absolute Gasteiger partial charge is 0.307 e. The van der Waals surface area contributed by atoms with Crippen LogP contribution in [0.3, 0.4) is 0 Å². The summed E-state index contributed by atoms with van der Waals surface area (Å²) in [6.07, 6.45) is 2.82. The summed E-state index contributed by atoms with van der Waals surface area (Å²) in [6, 6.07) is 2.02. The van der Waals surface area contributed by atoms with Crippen molar-refractivity contribution in [3.05, 3.63) is 11.8 Å². The van der Waals surface area contributed by atoms with Crippen LogP contribution in [-0.4, -0.2) is 26.1 Å². The minimum atomic E-state index is -0.658. The fraction of sp³-hybridized carbons (Fsp3) is 0.636. The molecule has 88 valence electrons. The van der Waals surface area contributed by atoms with E-state index in [1.54, 1.807) is 11.8 Å². The summed E-state index contributed by atoms with van der Waals surface area (Å²) in [7, 11) is 1.90. The molecule has 0 amide bonds. The molecule has 0 spiro atoms. The Hall–Kier alpha value is -0.970. The number of carboxylic acids is 1. The van der Waals surface area contributed by atoms with Crippen LogP contribution in [0.2, 0.25) is 0 Å². The molecular formula is C11H16N2O2S. The molecule has 1 aliphatic carbocycles. The highest BCUT2D eigenvalue weighted by atomic mass is 32.2. The van der Waals surface area contributed by atoms with Crippen LogP contribution in [0.5, 0.6) is 0 Å². The molecule has 1 fully saturated rings. The van der Waals surface area contributed by atoms with Crippen LogP contribution >= 0.6 is 11.8 Å². The molecule has 0 aromatic carbocycles. The maximum absolute atomic E-state index is 11.1. The largest absolute Gasteiger partial charge is 0.481 e. The zero-order chi connectivity index (χ0) is 11.7. The third kappa shape index (κ3) is 2.24. The topological polar surface area (TPSA) is 55.1 Å². The van der Waals surface area contributed by atoms with Gasteiger partial charge < -0.3 is 5.11 Å². The number of aryl methyl sites for hydroxylation is 2. The zero-order valence-electron chi connectivity index (χ0n) is 9.51. The predicted octanol–water partition coefficient (Wildman–Crippen LogP) is 2.07. The lowest BCUT2D eigenvalue weighted by atomic mass is 10.1. The number of aromatic nitrogens is 2. The van der Waals surface area contributed by atoms with Crippen molar-refractivity contribution in [3.63, 3.8) is 0 Å². The van der Waals surface area contributed by atoms with Gasteiger partial charge in [-0.3, -0.25) is 9.48 Å². The molecule has 0 bridgehead atoms. The van der Waals surface area contributed by atoms with Crippen LogP contribution in [-0.2, 0) is 11.8 Å². The minimum absolute atomic E-state index is 0.194. The molecule has 2 unspecified atom stereocenters. The molecule has 5 heteroatoms. The van der Waals surface area contributed by atoms with E-state index in [9.17, 15) is 4.79 Å². The van der Waals surface area contributed by atoms with E-state index >= 15 is 0 Å². The molecule has 2 atom stereocenters. The Morgan fingerprint density at radius 2 is 2.38 bits per heavy atom. The monoisotopic (exact) mass is 240 g/mol. The van der Waals surface area contributed by atoms with Crippen molar-refractivity contribution in [1.82, 2.24) is 9.78 Å². The van der Waals surface area contributed by atoms with Crippen molar-refractivity contribution in [2.45, 2.75) is 36.5 Å². The van der Waals surface area contributed by atoms with Crippen LogP contribution in [0.15, 0.2) is 11.1 Å². The molecular weight excluding hydrogens is 224 g/mol. The van der Waals surface area contributed by atoms with Gasteiger partial charge in [-0.1, -0.05) is 6.42 Å². The SMILES string of the molecule is Cc1cc(SC2CCCC2C(=O)O)n(C)n1. The summed E-state index contributed by atoms with van der Waals surface area (Å²) in [5.74, 6) is -0.853. The third-order valence-electron chi connectivity index (χ3n) is 3.00. The lowest BCUT2D eigenvalue weighted by molar-refractivity contribution is -0.141. The zero-order valence-corrected chi connectivity index (χ0v) is 10.3. The summed E-state index contributed by atoms with van der Waals surface area (Å²) in [5, 5.41) is 14.6. The van der Waals surface area contributed by atoms with Gasteiger partial charge in [-0.25, -0.2) is 0 Å². The van der Waals surface area contributed by atoms with Crippen molar-refractivity contribution in [2.75, 3.05) is 0 Å². The van der Waals surface area contributed by atoms with Gasteiger partial charge in [-0.15, -0.1) is 11.8 Å². The molecule has 1 saturated carbocycles. The van der Waals surface area contributed by atoms with Gasteiger partial charge in [-0.2, -0.15) is 5.10 Å². The highest BCUT2D eigenvalue weighted by Gasteiger charge is 2.34. The first kappa shape index (κ1) is 11.5. The lowest BCUT2D eigenvalue weighted by Gasteiger charge is -2.14. The number of thioether (sulfide) groups is 1. The second-order valence-corrected chi connectivity index (χ2v) is 5.54.